The zero-order valence-electron chi connectivity index (χ0n) is 7.70. The van der Waals surface area contributed by atoms with E-state index in [0.29, 0.717) is 0 Å². The Morgan fingerprint density at radius 2 is 2.17 bits per heavy atom. The average molecular weight is 110 g/mol. The van der Waals surface area contributed by atoms with E-state index in [-0.39, 0.29) is 55.7 Å². The Morgan fingerprint density at radius 3 is 2.17 bits per heavy atom. The molecule has 0 fully saturated rings. The van der Waals surface area contributed by atoms with Crippen LogP contribution in [0.3, 0.4) is 0 Å². The van der Waals surface area contributed by atoms with E-state index in [9.17, 15) is 0 Å². The third kappa shape index (κ3) is 9.20. The Morgan fingerprint density at radius 1 is 1.67 bits per heavy atom. The average Bonchev–Trinajstić information content (AvgIpc) is 1.41. The van der Waals surface area contributed by atoms with Gasteiger partial charge in [-0.2, -0.15) is 0 Å². The zero-order valence-corrected chi connectivity index (χ0v) is 7.82. The predicted molar refractivity (Wildman–Crippen MR) is 28.8 cm³/mol. The quantitative estimate of drug-likeness (QED) is 0.388. The first kappa shape index (κ1) is 10.6. The molecule has 2 heteroatoms. The van der Waals surface area contributed by atoms with Crippen LogP contribution in [0.25, 0.3) is 0 Å². The topological polar surface area (TPSA) is 0 Å². The van der Waals surface area contributed by atoms with Crippen molar-refractivity contribution in [2.75, 3.05) is 0 Å². The summed E-state index contributed by atoms with van der Waals surface area (Å²) in [7, 11) is 5.14. The van der Waals surface area contributed by atoms with Gasteiger partial charge in [-0.1, -0.05) is 0 Å². The van der Waals surface area contributed by atoms with Gasteiger partial charge in [-0.05, 0) is 0 Å². The summed E-state index contributed by atoms with van der Waals surface area (Å²) in [5.41, 5.74) is 0. The van der Waals surface area contributed by atoms with Gasteiger partial charge in [-0.3, -0.25) is 0 Å². The maximum absolute atomic E-state index is 5.14. The van der Waals surface area contributed by atoms with Gasteiger partial charge in [0.25, 0.3) is 0 Å². The second-order valence-electron chi connectivity index (χ2n) is 1.14. The summed E-state index contributed by atoms with van der Waals surface area (Å²) in [6, 6.07) is 0. The Balaban J connectivity index is -0.0000000133. The number of hydrogen-bond donors (Lipinski definition) is 0. The summed E-state index contributed by atoms with van der Waals surface area (Å²) >= 11 is 0. The monoisotopic (exact) mass is 110 g/mol. The Labute approximate surface area is 88.4 Å². The van der Waals surface area contributed by atoms with Crippen LogP contribution in [0.15, 0.2) is 0 Å². The van der Waals surface area contributed by atoms with Gasteiger partial charge < -0.3 is 4.28 Å². The second kappa shape index (κ2) is 9.86. The Hall–Kier alpha value is 1.70. The van der Waals surface area contributed by atoms with E-state index in [1.165, 1.54) is 12.8 Å². The van der Waals surface area contributed by atoms with Crippen LogP contribution in [0, 0.1) is 0 Å². The van der Waals surface area contributed by atoms with Gasteiger partial charge in [0.05, 0.1) is 0 Å². The summed E-state index contributed by atoms with van der Waals surface area (Å²) in [5.74, 6) is 0. The fraction of sp³-hybridized carbons (Fsp3) is 1.00. The van der Waals surface area contributed by atoms with Gasteiger partial charge in [-0.15, -0.1) is 0 Å². The molecule has 0 spiro atoms. The van der Waals surface area contributed by atoms with Crippen molar-refractivity contribution in [2.24, 2.45) is 0 Å². The molecule has 32 valence electrons. The van der Waals surface area contributed by atoms with Crippen molar-refractivity contribution in [3.63, 3.8) is 0 Å². The van der Waals surface area contributed by atoms with Gasteiger partial charge >= 0.3 is 85.3 Å². The van der Waals surface area contributed by atoms with Gasteiger partial charge in [-0.25, -0.2) is 0 Å². The minimum absolute atomic E-state index is 0. The fourth-order valence-electron chi connectivity index (χ4n) is 0.204. The van der Waals surface area contributed by atoms with Crippen LogP contribution in [0.5, 0.6) is 0 Å². The molecule has 0 heterocycles. The molecule has 0 unspecified atom stereocenters. The molecule has 0 bridgehead atoms. The fourth-order valence-corrected chi connectivity index (χ4v) is 0.204. The van der Waals surface area contributed by atoms with E-state index in [1.807, 2.05) is 0 Å². The molecule has 0 radical (unpaired) electrons. The number of hydrogen-bond acceptors (Lipinski definition) is 0. The van der Waals surface area contributed by atoms with Crippen LogP contribution >= 0.6 is 0 Å². The van der Waals surface area contributed by atoms with Crippen LogP contribution in [0.4, 0.5) is 0 Å². The molecular weight excluding hydrogens is 98.0 g/mol. The maximum Gasteiger partial charge on any atom is 1.00 e. The van der Waals surface area contributed by atoms with Gasteiger partial charge in [0.1, 0.15) is 0 Å². The summed E-state index contributed by atoms with van der Waals surface area (Å²) < 4.78 is 0. The van der Waals surface area contributed by atoms with Crippen LogP contribution in [0.1, 0.15) is 24.0 Å². The van der Waals surface area contributed by atoms with Crippen LogP contribution in [0.2, 0.25) is 6.32 Å². The third-order valence-electron chi connectivity index (χ3n) is 0.558. The van der Waals surface area contributed by atoms with Crippen LogP contribution in [-0.4, -0.2) is 7.85 Å². The first-order chi connectivity index (χ1) is 2.41. The van der Waals surface area contributed by atoms with Crippen molar-refractivity contribution < 1.29 is 55.7 Å². The molecule has 0 aliphatic rings. The first-order valence-electron chi connectivity index (χ1n) is 2.12. The molecular formula is C4H12BK. The molecule has 0 aliphatic carbocycles. The van der Waals surface area contributed by atoms with Crippen LogP contribution in [-0.2, 0) is 0 Å². The number of unbranched alkanes of at least 4 members (excludes halogenated alkanes) is 1. The zero-order chi connectivity index (χ0) is 4.12. The van der Waals surface area contributed by atoms with Crippen molar-refractivity contribution >= 4 is 7.85 Å². The minimum atomic E-state index is 0. The van der Waals surface area contributed by atoms with E-state index in [0.717, 1.165) is 6.32 Å². The molecule has 0 aliphatic heterocycles. The standard InChI is InChI=1S/C4H9B.K.3H/c1-2-3-4-5;;;;/h2-4H2,1H3;;;;/q+2;+1;3*-1. The molecule has 0 nitrogen and oxygen atoms in total. The van der Waals surface area contributed by atoms with E-state index in [2.05, 4.69) is 6.92 Å². The first-order valence-corrected chi connectivity index (χ1v) is 2.12. The minimum Gasteiger partial charge on any atom is -1.00 e. The van der Waals surface area contributed by atoms with Gasteiger partial charge in [0.2, 0.25) is 0 Å². The molecule has 6 heavy (non-hydrogen) atoms. The predicted octanol–water partition coefficient (Wildman–Crippen LogP) is -1.29. The molecule has 0 amide bonds. The van der Waals surface area contributed by atoms with Crippen molar-refractivity contribution in [2.45, 2.75) is 26.1 Å². The molecule has 0 saturated heterocycles. The largest absolute Gasteiger partial charge is 1.00 e. The molecule has 0 aromatic carbocycles. The molecule has 0 N–H and O–H groups in total. The van der Waals surface area contributed by atoms with Gasteiger partial charge in [0.15, 0.2) is 0 Å². The molecule has 0 rings (SSSR count). The number of rotatable bonds is 2. The Kier molecular flexibility index (Phi) is 17.5. The maximum atomic E-state index is 5.14. The van der Waals surface area contributed by atoms with Crippen LogP contribution < -0.4 is 51.4 Å². The third-order valence-corrected chi connectivity index (χ3v) is 0.558. The Bertz CT molecular complexity index is 23.3. The van der Waals surface area contributed by atoms with Crippen molar-refractivity contribution in [1.29, 1.82) is 0 Å². The van der Waals surface area contributed by atoms with Crippen molar-refractivity contribution in [3.8, 4) is 0 Å². The smallest absolute Gasteiger partial charge is 1.00 e. The summed E-state index contributed by atoms with van der Waals surface area (Å²) in [5, 5.41) is 0. The summed E-state index contributed by atoms with van der Waals surface area (Å²) in [6.45, 7) is 2.13. The second-order valence-corrected chi connectivity index (χ2v) is 1.14. The van der Waals surface area contributed by atoms with E-state index in [1.54, 1.807) is 0 Å². The summed E-state index contributed by atoms with van der Waals surface area (Å²) in [4.78, 5) is 0. The molecule has 0 aromatic heterocycles. The normalized spacial score (nSPS) is 7.17. The van der Waals surface area contributed by atoms with Crippen molar-refractivity contribution in [1.82, 2.24) is 0 Å². The van der Waals surface area contributed by atoms with Crippen molar-refractivity contribution in [3.05, 3.63) is 0 Å². The SMILES string of the molecule is [B+2]CCCC.[H-].[H-].[H-].[K+]. The summed E-state index contributed by atoms with van der Waals surface area (Å²) in [6.07, 6.45) is 3.23. The van der Waals surface area contributed by atoms with E-state index >= 15 is 0 Å². The molecule has 0 aromatic rings. The van der Waals surface area contributed by atoms with E-state index < -0.39 is 0 Å². The van der Waals surface area contributed by atoms with Gasteiger partial charge in [0, 0.05) is 0 Å². The molecule has 0 saturated carbocycles. The van der Waals surface area contributed by atoms with E-state index in [4.69, 9.17) is 7.85 Å². The molecule has 0 atom stereocenters.